The SMILES string of the molecule is C=N/C(=C(/Oc1cc(Cl)cc(C#N)c1)C(=O)N(C)Cc1cc(-c2cccc(F)c2)n[nH]c1=O)C(F)(F)F. The lowest BCUT2D eigenvalue weighted by atomic mass is 10.1. The van der Waals surface area contributed by atoms with Gasteiger partial charge in [-0.1, -0.05) is 23.7 Å². The third kappa shape index (κ3) is 6.59. The Morgan fingerprint density at radius 3 is 2.62 bits per heavy atom. The van der Waals surface area contributed by atoms with Gasteiger partial charge in [-0.3, -0.25) is 14.6 Å². The van der Waals surface area contributed by atoms with Crippen molar-refractivity contribution >= 4 is 24.2 Å². The van der Waals surface area contributed by atoms with Gasteiger partial charge in [0.1, 0.15) is 11.6 Å². The summed E-state index contributed by atoms with van der Waals surface area (Å²) in [6.45, 7) is 2.40. The van der Waals surface area contributed by atoms with E-state index in [1.54, 1.807) is 6.07 Å². The lowest BCUT2D eigenvalue weighted by Crippen LogP contribution is -2.34. The molecule has 3 rings (SSSR count). The van der Waals surface area contributed by atoms with E-state index in [2.05, 4.69) is 21.9 Å². The molecular formula is C24H16ClF4N5O3. The number of nitriles is 1. The Morgan fingerprint density at radius 2 is 2.00 bits per heavy atom. The van der Waals surface area contributed by atoms with Crippen LogP contribution in [0.1, 0.15) is 11.1 Å². The van der Waals surface area contributed by atoms with Crippen molar-refractivity contribution in [2.45, 2.75) is 12.7 Å². The monoisotopic (exact) mass is 533 g/mol. The number of aliphatic imine (C=N–C) groups is 1. The number of aromatic amines is 1. The fourth-order valence-corrected chi connectivity index (χ4v) is 3.37. The van der Waals surface area contributed by atoms with Crippen LogP contribution in [0.15, 0.2) is 69.8 Å². The maximum atomic E-state index is 13.7. The number of nitrogens with zero attached hydrogens (tertiary/aromatic N) is 4. The number of rotatable bonds is 7. The maximum Gasteiger partial charge on any atom is 0.437 e. The summed E-state index contributed by atoms with van der Waals surface area (Å²) >= 11 is 5.89. The standard InChI is InChI=1S/C24H16ClF4N5O3/c1-31-21(24(27,28)29)20(37-18-7-13(11-30)6-16(25)10-18)23(36)34(2)12-15-9-19(32-33-22(15)35)14-4-3-5-17(26)8-14/h3-10H,1,12H2,2H3,(H,33,35)/b21-20+. The molecule has 0 unspecified atom stereocenters. The quantitative estimate of drug-likeness (QED) is 0.206. The summed E-state index contributed by atoms with van der Waals surface area (Å²) in [4.78, 5) is 29.2. The number of allylic oxidation sites excluding steroid dienone is 1. The van der Waals surface area contributed by atoms with Crippen molar-refractivity contribution in [1.82, 2.24) is 15.1 Å². The molecule has 3 aromatic rings. The van der Waals surface area contributed by atoms with Crippen LogP contribution < -0.4 is 10.3 Å². The summed E-state index contributed by atoms with van der Waals surface area (Å²) in [6, 6.07) is 11.8. The predicted octanol–water partition coefficient (Wildman–Crippen LogP) is 4.61. The van der Waals surface area contributed by atoms with Gasteiger partial charge in [-0.2, -0.15) is 23.5 Å². The molecule has 0 aliphatic heterocycles. The highest BCUT2D eigenvalue weighted by Gasteiger charge is 2.40. The normalized spacial score (nSPS) is 11.8. The molecule has 0 aliphatic rings. The topological polar surface area (TPSA) is 111 Å². The minimum Gasteiger partial charge on any atom is -0.449 e. The van der Waals surface area contributed by atoms with Gasteiger partial charge in [0, 0.05) is 23.2 Å². The van der Waals surface area contributed by atoms with Crippen LogP contribution in [0.4, 0.5) is 17.6 Å². The van der Waals surface area contributed by atoms with E-state index in [1.807, 2.05) is 0 Å². The van der Waals surface area contributed by atoms with Gasteiger partial charge in [0.05, 0.1) is 23.9 Å². The number of likely N-dealkylation sites (N-methyl/N-ethyl adjacent to an activating group) is 1. The van der Waals surface area contributed by atoms with Crippen LogP contribution in [0.3, 0.4) is 0 Å². The van der Waals surface area contributed by atoms with Crippen molar-refractivity contribution < 1.29 is 27.1 Å². The first-order chi connectivity index (χ1) is 17.4. The number of nitrogens with one attached hydrogen (secondary N) is 1. The van der Waals surface area contributed by atoms with Crippen molar-refractivity contribution in [3.63, 3.8) is 0 Å². The number of carbonyl (C=O) groups excluding carboxylic acids is 1. The summed E-state index contributed by atoms with van der Waals surface area (Å²) in [5, 5.41) is 15.1. The van der Waals surface area contributed by atoms with Gasteiger partial charge in [0.15, 0.2) is 5.70 Å². The maximum absolute atomic E-state index is 13.7. The molecule has 190 valence electrons. The summed E-state index contributed by atoms with van der Waals surface area (Å²) in [6.07, 6.45) is -5.14. The molecule has 0 radical (unpaired) electrons. The third-order valence-corrected chi connectivity index (χ3v) is 5.03. The Bertz CT molecular complexity index is 1490. The van der Waals surface area contributed by atoms with Crippen LogP contribution in [-0.2, 0) is 11.3 Å². The highest BCUT2D eigenvalue weighted by atomic mass is 35.5. The summed E-state index contributed by atoms with van der Waals surface area (Å²) < 4.78 is 59.8. The molecule has 0 aliphatic carbocycles. The average molecular weight is 534 g/mol. The van der Waals surface area contributed by atoms with Gasteiger partial charge >= 0.3 is 6.18 Å². The van der Waals surface area contributed by atoms with Gasteiger partial charge < -0.3 is 9.64 Å². The van der Waals surface area contributed by atoms with Gasteiger partial charge in [0.25, 0.3) is 11.5 Å². The summed E-state index contributed by atoms with van der Waals surface area (Å²) in [7, 11) is 1.13. The van der Waals surface area contributed by atoms with E-state index in [4.69, 9.17) is 21.6 Å². The Hall–Kier alpha value is -4.50. The summed E-state index contributed by atoms with van der Waals surface area (Å²) in [5.41, 5.74) is -2.06. The molecule has 37 heavy (non-hydrogen) atoms. The van der Waals surface area contributed by atoms with Crippen molar-refractivity contribution in [2.24, 2.45) is 4.99 Å². The molecular weight excluding hydrogens is 518 g/mol. The Labute approximate surface area is 212 Å². The molecule has 0 atom stereocenters. The zero-order chi connectivity index (χ0) is 27.3. The fraction of sp³-hybridized carbons (Fsp3) is 0.125. The molecule has 1 heterocycles. The van der Waals surface area contributed by atoms with E-state index in [0.29, 0.717) is 5.56 Å². The molecule has 2 aromatic carbocycles. The van der Waals surface area contributed by atoms with Crippen LogP contribution in [0.2, 0.25) is 5.02 Å². The molecule has 0 spiro atoms. The zero-order valence-electron chi connectivity index (χ0n) is 18.9. The van der Waals surface area contributed by atoms with Crippen molar-refractivity contribution in [2.75, 3.05) is 7.05 Å². The van der Waals surface area contributed by atoms with Crippen molar-refractivity contribution in [1.29, 1.82) is 5.26 Å². The third-order valence-electron chi connectivity index (χ3n) is 4.81. The molecule has 8 nitrogen and oxygen atoms in total. The Balaban J connectivity index is 2.00. The predicted molar refractivity (Wildman–Crippen MR) is 126 cm³/mol. The number of ether oxygens (including phenoxy) is 1. The number of benzene rings is 2. The van der Waals surface area contributed by atoms with E-state index < -0.39 is 41.5 Å². The molecule has 1 N–H and O–H groups in total. The average Bonchev–Trinajstić information content (AvgIpc) is 2.83. The lowest BCUT2D eigenvalue weighted by Gasteiger charge is -2.21. The van der Waals surface area contributed by atoms with E-state index in [0.717, 1.165) is 24.1 Å². The highest BCUT2D eigenvalue weighted by molar-refractivity contribution is 6.30. The molecule has 1 amide bonds. The second kappa shape index (κ2) is 11.0. The van der Waals surface area contributed by atoms with E-state index in [9.17, 15) is 27.2 Å². The van der Waals surface area contributed by atoms with Gasteiger partial charge in [-0.15, -0.1) is 0 Å². The van der Waals surface area contributed by atoms with Gasteiger partial charge in [-0.25, -0.2) is 9.49 Å². The highest BCUT2D eigenvalue weighted by Crippen LogP contribution is 2.32. The van der Waals surface area contributed by atoms with Gasteiger partial charge in [-0.05, 0) is 43.1 Å². The first-order valence-corrected chi connectivity index (χ1v) is 10.6. The zero-order valence-corrected chi connectivity index (χ0v) is 19.7. The second-order valence-corrected chi connectivity index (χ2v) is 7.94. The summed E-state index contributed by atoms with van der Waals surface area (Å²) in [5.74, 6) is -3.45. The Kier molecular flexibility index (Phi) is 8.09. The minimum atomic E-state index is -5.14. The van der Waals surface area contributed by atoms with E-state index in [-0.39, 0.29) is 27.6 Å². The van der Waals surface area contributed by atoms with Crippen LogP contribution in [0.5, 0.6) is 5.75 Å². The number of hydrogen-bond acceptors (Lipinski definition) is 6. The van der Waals surface area contributed by atoms with E-state index in [1.165, 1.54) is 36.4 Å². The fourth-order valence-electron chi connectivity index (χ4n) is 3.15. The molecule has 0 bridgehead atoms. The number of halogens is 5. The number of H-pyrrole nitrogens is 1. The van der Waals surface area contributed by atoms with Crippen molar-refractivity contribution in [3.8, 4) is 23.1 Å². The van der Waals surface area contributed by atoms with Crippen LogP contribution in [0, 0.1) is 17.1 Å². The Morgan fingerprint density at radius 1 is 1.27 bits per heavy atom. The number of amides is 1. The van der Waals surface area contributed by atoms with Crippen LogP contribution in [-0.4, -0.2) is 40.9 Å². The smallest absolute Gasteiger partial charge is 0.437 e. The second-order valence-electron chi connectivity index (χ2n) is 7.50. The molecule has 0 saturated heterocycles. The first kappa shape index (κ1) is 27.1. The van der Waals surface area contributed by atoms with E-state index >= 15 is 0 Å². The minimum absolute atomic E-state index is 0.0254. The molecule has 1 aromatic heterocycles. The number of carbonyl (C=O) groups is 1. The first-order valence-electron chi connectivity index (χ1n) is 10.2. The number of alkyl halides is 3. The number of aromatic nitrogens is 2. The van der Waals surface area contributed by atoms with Crippen molar-refractivity contribution in [3.05, 3.63) is 92.3 Å². The number of hydrogen-bond donors (Lipinski definition) is 1. The molecule has 13 heteroatoms. The largest absolute Gasteiger partial charge is 0.449 e. The van der Waals surface area contributed by atoms with Crippen LogP contribution in [0.25, 0.3) is 11.3 Å². The molecule has 0 saturated carbocycles. The molecule has 0 fully saturated rings. The van der Waals surface area contributed by atoms with Gasteiger partial charge in [0.2, 0.25) is 5.76 Å². The lowest BCUT2D eigenvalue weighted by molar-refractivity contribution is -0.131. The van der Waals surface area contributed by atoms with Crippen LogP contribution >= 0.6 is 11.6 Å².